The summed E-state index contributed by atoms with van der Waals surface area (Å²) in [5.41, 5.74) is 6.99. The molecule has 5 nitrogen and oxygen atoms in total. The van der Waals surface area contributed by atoms with Crippen LogP contribution >= 0.6 is 23.2 Å². The van der Waals surface area contributed by atoms with Gasteiger partial charge < -0.3 is 5.73 Å². The maximum atomic E-state index is 6.03. The molecule has 0 bridgehead atoms. The summed E-state index contributed by atoms with van der Waals surface area (Å²) >= 11 is 12.0. The second-order valence-corrected chi connectivity index (χ2v) is 5.34. The SMILES string of the molecule is CCC(C)Cn1nnnc1-c1cc(N)c(Cl)c(Cl)c1. The second kappa shape index (κ2) is 5.75. The molecule has 0 fully saturated rings. The minimum absolute atomic E-state index is 0.353. The van der Waals surface area contributed by atoms with Gasteiger partial charge in [0, 0.05) is 12.1 Å². The lowest BCUT2D eigenvalue weighted by atomic mass is 10.1. The number of anilines is 1. The fraction of sp³-hybridized carbons (Fsp3) is 0.417. The van der Waals surface area contributed by atoms with Gasteiger partial charge in [-0.2, -0.15) is 0 Å². The van der Waals surface area contributed by atoms with Crippen LogP contribution in [0.25, 0.3) is 11.4 Å². The highest BCUT2D eigenvalue weighted by molar-refractivity contribution is 6.43. The van der Waals surface area contributed by atoms with E-state index in [1.54, 1.807) is 16.8 Å². The molecule has 0 radical (unpaired) electrons. The van der Waals surface area contributed by atoms with E-state index in [1.165, 1.54) is 0 Å². The van der Waals surface area contributed by atoms with Crippen LogP contribution in [0, 0.1) is 5.92 Å². The predicted octanol–water partition coefficient (Wildman–Crippen LogP) is 3.28. The number of nitrogens with two attached hydrogens (primary N) is 1. The zero-order valence-electron chi connectivity index (χ0n) is 10.8. The summed E-state index contributed by atoms with van der Waals surface area (Å²) in [6.07, 6.45) is 1.06. The molecule has 1 heterocycles. The molecule has 2 rings (SSSR count). The van der Waals surface area contributed by atoms with Gasteiger partial charge in [0.05, 0.1) is 15.7 Å². The average Bonchev–Trinajstić information content (AvgIpc) is 2.83. The number of hydrogen-bond acceptors (Lipinski definition) is 4. The summed E-state index contributed by atoms with van der Waals surface area (Å²) in [5.74, 6) is 1.13. The van der Waals surface area contributed by atoms with Gasteiger partial charge in [0.25, 0.3) is 0 Å². The van der Waals surface area contributed by atoms with Gasteiger partial charge in [-0.1, -0.05) is 43.5 Å². The molecule has 0 aliphatic heterocycles. The van der Waals surface area contributed by atoms with Gasteiger partial charge in [-0.3, -0.25) is 0 Å². The molecule has 0 saturated heterocycles. The van der Waals surface area contributed by atoms with E-state index in [0.717, 1.165) is 18.5 Å². The molecule has 0 amide bonds. The highest BCUT2D eigenvalue weighted by Crippen LogP contribution is 2.33. The third kappa shape index (κ3) is 2.98. The maximum absolute atomic E-state index is 6.03. The molecular weight excluding hydrogens is 285 g/mol. The molecule has 0 aliphatic carbocycles. The number of nitrogen functional groups attached to an aromatic ring is 1. The zero-order valence-corrected chi connectivity index (χ0v) is 12.3. The maximum Gasteiger partial charge on any atom is 0.182 e. The summed E-state index contributed by atoms with van der Waals surface area (Å²) in [4.78, 5) is 0. The molecule has 1 unspecified atom stereocenters. The van der Waals surface area contributed by atoms with Gasteiger partial charge in [0.1, 0.15) is 0 Å². The van der Waals surface area contributed by atoms with Gasteiger partial charge in [-0.25, -0.2) is 4.68 Å². The smallest absolute Gasteiger partial charge is 0.182 e. The molecule has 1 aromatic heterocycles. The normalized spacial score (nSPS) is 12.6. The Morgan fingerprint density at radius 1 is 1.37 bits per heavy atom. The van der Waals surface area contributed by atoms with Crippen molar-refractivity contribution in [1.29, 1.82) is 0 Å². The lowest BCUT2D eigenvalue weighted by Gasteiger charge is -2.10. The van der Waals surface area contributed by atoms with E-state index in [4.69, 9.17) is 28.9 Å². The lowest BCUT2D eigenvalue weighted by molar-refractivity contribution is 0.434. The molecule has 1 aromatic carbocycles. The van der Waals surface area contributed by atoms with Crippen molar-refractivity contribution in [3.63, 3.8) is 0 Å². The van der Waals surface area contributed by atoms with Crippen LogP contribution in [0.3, 0.4) is 0 Å². The first-order valence-electron chi connectivity index (χ1n) is 6.04. The second-order valence-electron chi connectivity index (χ2n) is 4.56. The van der Waals surface area contributed by atoms with Crippen molar-refractivity contribution in [2.45, 2.75) is 26.8 Å². The third-order valence-electron chi connectivity index (χ3n) is 3.03. The Hall–Kier alpha value is -1.33. The first kappa shape index (κ1) is 14.1. The Morgan fingerprint density at radius 3 is 2.74 bits per heavy atom. The lowest BCUT2D eigenvalue weighted by Crippen LogP contribution is -2.10. The standard InChI is InChI=1S/C12H15Cl2N5/c1-3-7(2)6-19-12(16-17-18-19)8-4-9(13)11(14)10(15)5-8/h4-5,7H,3,6,15H2,1-2H3. The molecule has 0 spiro atoms. The summed E-state index contributed by atoms with van der Waals surface area (Å²) < 4.78 is 1.76. The van der Waals surface area contributed by atoms with Crippen molar-refractivity contribution in [2.75, 3.05) is 5.73 Å². The Labute approximate surface area is 121 Å². The molecule has 7 heteroatoms. The number of halogens is 2. The minimum atomic E-state index is 0.353. The highest BCUT2D eigenvalue weighted by Gasteiger charge is 2.14. The van der Waals surface area contributed by atoms with Crippen LogP contribution in [0.5, 0.6) is 0 Å². The van der Waals surface area contributed by atoms with E-state index in [9.17, 15) is 0 Å². The Morgan fingerprint density at radius 2 is 2.11 bits per heavy atom. The van der Waals surface area contributed by atoms with Crippen LogP contribution in [0.4, 0.5) is 5.69 Å². The van der Waals surface area contributed by atoms with Crippen molar-refractivity contribution in [3.8, 4) is 11.4 Å². The van der Waals surface area contributed by atoms with Crippen molar-refractivity contribution in [1.82, 2.24) is 20.2 Å². The van der Waals surface area contributed by atoms with E-state index in [2.05, 4.69) is 29.4 Å². The first-order chi connectivity index (χ1) is 9.02. The zero-order chi connectivity index (χ0) is 14.0. The molecule has 0 saturated carbocycles. The van der Waals surface area contributed by atoms with Gasteiger partial charge in [0.15, 0.2) is 5.82 Å². The van der Waals surface area contributed by atoms with E-state index >= 15 is 0 Å². The topological polar surface area (TPSA) is 69.6 Å². The van der Waals surface area contributed by atoms with Gasteiger partial charge >= 0.3 is 0 Å². The minimum Gasteiger partial charge on any atom is -0.397 e. The summed E-state index contributed by atoms with van der Waals surface area (Å²) in [7, 11) is 0. The van der Waals surface area contributed by atoms with Crippen LogP contribution in [-0.4, -0.2) is 20.2 Å². The van der Waals surface area contributed by atoms with E-state index in [1.807, 2.05) is 0 Å². The number of aromatic nitrogens is 4. The van der Waals surface area contributed by atoms with Crippen LogP contribution in [-0.2, 0) is 6.54 Å². The highest BCUT2D eigenvalue weighted by atomic mass is 35.5. The fourth-order valence-electron chi connectivity index (χ4n) is 1.70. The molecule has 1 atom stereocenters. The molecule has 2 N–H and O–H groups in total. The number of tetrazole rings is 1. The number of hydrogen-bond donors (Lipinski definition) is 1. The van der Waals surface area contributed by atoms with Crippen LogP contribution in [0.1, 0.15) is 20.3 Å². The van der Waals surface area contributed by atoms with Crippen LogP contribution < -0.4 is 5.73 Å². The molecule has 102 valence electrons. The van der Waals surface area contributed by atoms with Crippen LogP contribution in [0.2, 0.25) is 10.0 Å². The van der Waals surface area contributed by atoms with Crippen molar-refractivity contribution >= 4 is 28.9 Å². The third-order valence-corrected chi connectivity index (χ3v) is 3.84. The molecule has 19 heavy (non-hydrogen) atoms. The van der Waals surface area contributed by atoms with Crippen molar-refractivity contribution < 1.29 is 0 Å². The van der Waals surface area contributed by atoms with Crippen LogP contribution in [0.15, 0.2) is 12.1 Å². The number of nitrogens with zero attached hydrogens (tertiary/aromatic N) is 4. The van der Waals surface area contributed by atoms with Gasteiger partial charge in [-0.05, 0) is 28.5 Å². The van der Waals surface area contributed by atoms with Crippen molar-refractivity contribution in [3.05, 3.63) is 22.2 Å². The summed E-state index contributed by atoms with van der Waals surface area (Å²) in [6, 6.07) is 3.45. The Bertz CT molecular complexity index is 558. The Balaban J connectivity index is 2.40. The summed E-state index contributed by atoms with van der Waals surface area (Å²) in [5, 5.41) is 12.5. The predicted molar refractivity (Wildman–Crippen MR) is 77.1 cm³/mol. The van der Waals surface area contributed by atoms with E-state index in [-0.39, 0.29) is 0 Å². The number of rotatable bonds is 4. The largest absolute Gasteiger partial charge is 0.397 e. The van der Waals surface area contributed by atoms with E-state index in [0.29, 0.717) is 27.5 Å². The number of benzene rings is 1. The van der Waals surface area contributed by atoms with E-state index < -0.39 is 0 Å². The molecular formula is C12H15Cl2N5. The Kier molecular flexibility index (Phi) is 4.27. The van der Waals surface area contributed by atoms with Crippen molar-refractivity contribution in [2.24, 2.45) is 5.92 Å². The average molecular weight is 300 g/mol. The molecule has 0 aliphatic rings. The quantitative estimate of drug-likeness (QED) is 0.880. The van der Waals surface area contributed by atoms with Gasteiger partial charge in [0.2, 0.25) is 0 Å². The molecule has 2 aromatic rings. The first-order valence-corrected chi connectivity index (χ1v) is 6.79. The van der Waals surface area contributed by atoms with Gasteiger partial charge in [-0.15, -0.1) is 5.10 Å². The fourth-order valence-corrected chi connectivity index (χ4v) is 2.03. The monoisotopic (exact) mass is 299 g/mol. The summed E-state index contributed by atoms with van der Waals surface area (Å²) in [6.45, 7) is 5.03.